The number of nitrogens with two attached hydrogens (primary N) is 3. The molecule has 0 saturated heterocycles. The van der Waals surface area contributed by atoms with E-state index in [0.29, 0.717) is 31.4 Å². The molecule has 0 spiro atoms. The highest BCUT2D eigenvalue weighted by atomic mass is 16.4. The molecule has 0 aliphatic rings. The van der Waals surface area contributed by atoms with Crippen LogP contribution in [0.2, 0.25) is 0 Å². The fourth-order valence-electron chi connectivity index (χ4n) is 3.43. The van der Waals surface area contributed by atoms with Crippen LogP contribution in [0.1, 0.15) is 45.1 Å². The van der Waals surface area contributed by atoms with Crippen molar-refractivity contribution in [2.45, 2.75) is 70.1 Å². The summed E-state index contributed by atoms with van der Waals surface area (Å²) in [4.78, 5) is 61.6. The number of primary amides is 1. The minimum Gasteiger partial charge on any atom is -0.480 e. The number of amides is 4. The number of unbranched alkanes of at least 4 members (excludes halogenated alkanes) is 1. The minimum atomic E-state index is -1.36. The lowest BCUT2D eigenvalue weighted by Gasteiger charge is -2.27. The van der Waals surface area contributed by atoms with Gasteiger partial charge in [0.2, 0.25) is 23.6 Å². The number of hydrogen-bond acceptors (Lipinski definition) is 7. The van der Waals surface area contributed by atoms with Crippen molar-refractivity contribution in [3.8, 4) is 0 Å². The average Bonchev–Trinajstić information content (AvgIpc) is 2.81. The van der Waals surface area contributed by atoms with E-state index in [1.165, 1.54) is 0 Å². The standard InChI is InChI=1S/C24H38N6O6/c1-14(2)20(23(34)29-18(24(35)36)12-15-8-4-3-5-9-15)30-22(33)17(13-19(27)31)28-21(32)16(26)10-6-7-11-25/h3-5,8-9,14,16-18,20H,6-7,10-13,25-26H2,1-2H3,(H2,27,31)(H,28,32)(H,29,34)(H,30,33)(H,35,36). The third kappa shape index (κ3) is 10.8. The molecule has 12 nitrogen and oxygen atoms in total. The number of rotatable bonds is 16. The largest absolute Gasteiger partial charge is 0.480 e. The van der Waals surface area contributed by atoms with E-state index in [0.717, 1.165) is 0 Å². The molecule has 4 amide bonds. The van der Waals surface area contributed by atoms with Crippen LogP contribution in [0.25, 0.3) is 0 Å². The molecule has 0 heterocycles. The van der Waals surface area contributed by atoms with Gasteiger partial charge in [-0.1, -0.05) is 50.6 Å². The van der Waals surface area contributed by atoms with Crippen LogP contribution in [0.4, 0.5) is 0 Å². The SMILES string of the molecule is CC(C)C(NC(=O)C(CC(N)=O)NC(=O)C(N)CCCCN)C(=O)NC(Cc1ccccc1)C(=O)O. The first-order chi connectivity index (χ1) is 17.0. The summed E-state index contributed by atoms with van der Waals surface area (Å²) in [6, 6.07) is 4.13. The van der Waals surface area contributed by atoms with Gasteiger partial charge in [0.05, 0.1) is 12.5 Å². The molecule has 4 unspecified atom stereocenters. The number of carboxylic acid groups (broad SMARTS) is 1. The number of carboxylic acids is 1. The summed E-state index contributed by atoms with van der Waals surface area (Å²) in [5, 5.41) is 17.0. The summed E-state index contributed by atoms with van der Waals surface area (Å²) in [6.45, 7) is 3.77. The van der Waals surface area contributed by atoms with E-state index in [9.17, 15) is 29.1 Å². The van der Waals surface area contributed by atoms with Crippen molar-refractivity contribution in [2.75, 3.05) is 6.54 Å². The van der Waals surface area contributed by atoms with Crippen molar-refractivity contribution in [1.82, 2.24) is 16.0 Å². The highest BCUT2D eigenvalue weighted by Crippen LogP contribution is 2.08. The van der Waals surface area contributed by atoms with Gasteiger partial charge in [-0.25, -0.2) is 4.79 Å². The zero-order valence-electron chi connectivity index (χ0n) is 20.7. The summed E-state index contributed by atoms with van der Waals surface area (Å²) < 4.78 is 0. The van der Waals surface area contributed by atoms with E-state index in [1.807, 2.05) is 0 Å². The molecule has 0 aliphatic carbocycles. The maximum Gasteiger partial charge on any atom is 0.326 e. The molecule has 4 atom stereocenters. The van der Waals surface area contributed by atoms with Gasteiger partial charge in [-0.15, -0.1) is 0 Å². The van der Waals surface area contributed by atoms with E-state index in [-0.39, 0.29) is 6.42 Å². The minimum absolute atomic E-state index is 0.0447. The first-order valence-corrected chi connectivity index (χ1v) is 11.9. The average molecular weight is 507 g/mol. The molecule has 0 bridgehead atoms. The van der Waals surface area contributed by atoms with Gasteiger partial charge in [0.1, 0.15) is 18.1 Å². The molecule has 0 aromatic heterocycles. The second kappa shape index (κ2) is 15.5. The Morgan fingerprint density at radius 1 is 0.889 bits per heavy atom. The second-order valence-electron chi connectivity index (χ2n) is 8.94. The Hall–Kier alpha value is -3.51. The Labute approximate surface area is 210 Å². The normalized spacial score (nSPS) is 14.2. The lowest BCUT2D eigenvalue weighted by Crippen LogP contribution is -2.59. The van der Waals surface area contributed by atoms with Crippen molar-refractivity contribution in [1.29, 1.82) is 0 Å². The maximum absolute atomic E-state index is 12.9. The number of aliphatic carboxylic acids is 1. The summed E-state index contributed by atoms with van der Waals surface area (Å²) in [5.74, 6) is -4.70. The summed E-state index contributed by atoms with van der Waals surface area (Å²) >= 11 is 0. The van der Waals surface area contributed by atoms with Gasteiger partial charge < -0.3 is 38.3 Å². The Bertz CT molecular complexity index is 894. The summed E-state index contributed by atoms with van der Waals surface area (Å²) in [5.41, 5.74) is 17.3. The van der Waals surface area contributed by atoms with Crippen LogP contribution in [0.15, 0.2) is 30.3 Å². The van der Waals surface area contributed by atoms with Crippen LogP contribution in [0, 0.1) is 5.92 Å². The van der Waals surface area contributed by atoms with Crippen LogP contribution in [-0.2, 0) is 30.4 Å². The number of carbonyl (C=O) groups excluding carboxylic acids is 4. The van der Waals surface area contributed by atoms with E-state index in [2.05, 4.69) is 16.0 Å². The smallest absolute Gasteiger partial charge is 0.326 e. The van der Waals surface area contributed by atoms with Crippen molar-refractivity contribution in [2.24, 2.45) is 23.1 Å². The predicted octanol–water partition coefficient (Wildman–Crippen LogP) is -1.24. The van der Waals surface area contributed by atoms with Crippen LogP contribution in [0.5, 0.6) is 0 Å². The van der Waals surface area contributed by atoms with Gasteiger partial charge in [0.15, 0.2) is 0 Å². The van der Waals surface area contributed by atoms with E-state index in [4.69, 9.17) is 17.2 Å². The molecule has 0 saturated carbocycles. The van der Waals surface area contributed by atoms with Crippen molar-refractivity contribution in [3.05, 3.63) is 35.9 Å². The quantitative estimate of drug-likeness (QED) is 0.134. The summed E-state index contributed by atoms with van der Waals surface area (Å²) in [6.07, 6.45) is 1.16. The number of carbonyl (C=O) groups is 5. The molecule has 0 radical (unpaired) electrons. The van der Waals surface area contributed by atoms with Gasteiger partial charge in [-0.3, -0.25) is 19.2 Å². The van der Waals surface area contributed by atoms with Gasteiger partial charge in [-0.05, 0) is 30.9 Å². The molecule has 10 N–H and O–H groups in total. The Balaban J connectivity index is 2.92. The van der Waals surface area contributed by atoms with Gasteiger partial charge in [0.25, 0.3) is 0 Å². The number of benzene rings is 1. The van der Waals surface area contributed by atoms with Crippen LogP contribution in [0.3, 0.4) is 0 Å². The lowest BCUT2D eigenvalue weighted by atomic mass is 10.0. The van der Waals surface area contributed by atoms with Crippen LogP contribution < -0.4 is 33.2 Å². The monoisotopic (exact) mass is 506 g/mol. The number of hydrogen-bond donors (Lipinski definition) is 7. The van der Waals surface area contributed by atoms with E-state index >= 15 is 0 Å². The van der Waals surface area contributed by atoms with Crippen molar-refractivity contribution < 1.29 is 29.1 Å². The highest BCUT2D eigenvalue weighted by molar-refractivity contribution is 5.96. The van der Waals surface area contributed by atoms with Crippen LogP contribution >= 0.6 is 0 Å². The molecular weight excluding hydrogens is 468 g/mol. The molecule has 1 rings (SSSR count). The zero-order valence-corrected chi connectivity index (χ0v) is 20.7. The fraction of sp³-hybridized carbons (Fsp3) is 0.542. The lowest BCUT2D eigenvalue weighted by molar-refractivity contribution is -0.142. The van der Waals surface area contributed by atoms with Crippen molar-refractivity contribution >= 4 is 29.6 Å². The molecule has 1 aromatic rings. The van der Waals surface area contributed by atoms with Gasteiger partial charge >= 0.3 is 5.97 Å². The number of nitrogens with one attached hydrogen (secondary N) is 3. The fourth-order valence-corrected chi connectivity index (χ4v) is 3.43. The van der Waals surface area contributed by atoms with Gasteiger partial charge in [0, 0.05) is 6.42 Å². The van der Waals surface area contributed by atoms with Gasteiger partial charge in [-0.2, -0.15) is 0 Å². The highest BCUT2D eigenvalue weighted by Gasteiger charge is 2.32. The summed E-state index contributed by atoms with van der Waals surface area (Å²) in [7, 11) is 0. The zero-order chi connectivity index (χ0) is 27.3. The molecular formula is C24H38N6O6. The second-order valence-corrected chi connectivity index (χ2v) is 8.94. The molecule has 200 valence electrons. The third-order valence-electron chi connectivity index (χ3n) is 5.49. The Kier molecular flexibility index (Phi) is 13.1. The molecule has 36 heavy (non-hydrogen) atoms. The Morgan fingerprint density at radius 2 is 1.50 bits per heavy atom. The predicted molar refractivity (Wildman–Crippen MR) is 133 cm³/mol. The Morgan fingerprint density at radius 3 is 2.03 bits per heavy atom. The molecule has 1 aromatic carbocycles. The van der Waals surface area contributed by atoms with Crippen LogP contribution in [-0.4, -0.2) is 65.4 Å². The first kappa shape index (κ1) is 30.5. The maximum atomic E-state index is 12.9. The van der Waals surface area contributed by atoms with E-state index in [1.54, 1.807) is 44.2 Å². The molecule has 0 aliphatic heterocycles. The van der Waals surface area contributed by atoms with E-state index < -0.39 is 66.1 Å². The topological polar surface area (TPSA) is 220 Å². The van der Waals surface area contributed by atoms with Crippen molar-refractivity contribution in [3.63, 3.8) is 0 Å². The molecule has 0 fully saturated rings. The first-order valence-electron chi connectivity index (χ1n) is 11.9. The molecule has 12 heteroatoms. The third-order valence-corrected chi connectivity index (χ3v) is 5.49.